The summed E-state index contributed by atoms with van der Waals surface area (Å²) >= 11 is 0. The van der Waals surface area contributed by atoms with Gasteiger partial charge in [0, 0.05) is 32.5 Å². The first-order chi connectivity index (χ1) is 9.75. The molecule has 2 aliphatic heterocycles. The fraction of sp³-hybridized carbons (Fsp3) is 0.500. The topological polar surface area (TPSA) is 49.4 Å². The van der Waals surface area contributed by atoms with Crippen molar-refractivity contribution < 1.29 is 9.59 Å². The molecule has 0 saturated carbocycles. The van der Waals surface area contributed by atoms with Crippen LogP contribution in [0.2, 0.25) is 0 Å². The van der Waals surface area contributed by atoms with Crippen molar-refractivity contribution in [3.63, 3.8) is 0 Å². The number of carbonyl (C=O) groups is 2. The van der Waals surface area contributed by atoms with Crippen LogP contribution in [0.4, 0.5) is 0 Å². The van der Waals surface area contributed by atoms with Crippen LogP contribution >= 0.6 is 0 Å². The van der Waals surface area contributed by atoms with Crippen LogP contribution in [-0.4, -0.2) is 36.3 Å². The quantitative estimate of drug-likeness (QED) is 0.913. The Balaban J connectivity index is 0.000000205. The molecule has 2 saturated heterocycles. The van der Waals surface area contributed by atoms with Crippen molar-refractivity contribution >= 4 is 11.8 Å². The summed E-state index contributed by atoms with van der Waals surface area (Å²) in [6.07, 6.45) is 4.52. The van der Waals surface area contributed by atoms with Crippen LogP contribution in [0.1, 0.15) is 31.2 Å². The molecule has 0 aromatic heterocycles. The lowest BCUT2D eigenvalue weighted by atomic mass is 10.1. The van der Waals surface area contributed by atoms with E-state index in [0.717, 1.165) is 51.7 Å². The van der Waals surface area contributed by atoms with E-state index in [2.05, 4.69) is 17.4 Å². The van der Waals surface area contributed by atoms with Crippen molar-refractivity contribution in [3.05, 3.63) is 35.9 Å². The van der Waals surface area contributed by atoms with Gasteiger partial charge in [-0.25, -0.2) is 0 Å². The van der Waals surface area contributed by atoms with Crippen molar-refractivity contribution in [2.24, 2.45) is 0 Å². The Labute approximate surface area is 120 Å². The van der Waals surface area contributed by atoms with E-state index in [-0.39, 0.29) is 5.91 Å². The molecule has 20 heavy (non-hydrogen) atoms. The number of amides is 2. The lowest BCUT2D eigenvalue weighted by molar-refractivity contribution is -0.127. The normalized spacial score (nSPS) is 17.7. The van der Waals surface area contributed by atoms with E-state index in [4.69, 9.17) is 0 Å². The van der Waals surface area contributed by atoms with Gasteiger partial charge in [-0.1, -0.05) is 30.3 Å². The summed E-state index contributed by atoms with van der Waals surface area (Å²) in [5, 5.41) is 2.68. The van der Waals surface area contributed by atoms with Crippen molar-refractivity contribution in [1.29, 1.82) is 0 Å². The highest BCUT2D eigenvalue weighted by Crippen LogP contribution is 2.10. The zero-order valence-electron chi connectivity index (χ0n) is 11.8. The summed E-state index contributed by atoms with van der Waals surface area (Å²) in [4.78, 5) is 23.4. The first-order valence-electron chi connectivity index (χ1n) is 7.34. The maximum atomic E-state index is 11.3. The number of likely N-dealkylation sites (tertiary alicyclic amines) is 1. The van der Waals surface area contributed by atoms with Gasteiger partial charge < -0.3 is 10.2 Å². The molecule has 4 heteroatoms. The SMILES string of the molecule is O=C1CCCN1.O=C1CCCN1CCc1ccccc1. The molecule has 1 aromatic carbocycles. The van der Waals surface area contributed by atoms with Crippen LogP contribution in [0.5, 0.6) is 0 Å². The van der Waals surface area contributed by atoms with Gasteiger partial charge in [-0.05, 0) is 24.8 Å². The molecule has 4 nitrogen and oxygen atoms in total. The molecule has 2 aliphatic rings. The van der Waals surface area contributed by atoms with Gasteiger partial charge in [-0.3, -0.25) is 9.59 Å². The third kappa shape index (κ3) is 4.68. The summed E-state index contributed by atoms with van der Waals surface area (Å²) in [6.45, 7) is 2.72. The largest absolute Gasteiger partial charge is 0.356 e. The van der Waals surface area contributed by atoms with E-state index >= 15 is 0 Å². The summed E-state index contributed by atoms with van der Waals surface area (Å²) in [5.41, 5.74) is 1.31. The lowest BCUT2D eigenvalue weighted by Gasteiger charge is -2.14. The Morgan fingerprint density at radius 1 is 1.05 bits per heavy atom. The second kappa shape index (κ2) is 7.68. The second-order valence-electron chi connectivity index (χ2n) is 5.17. The van der Waals surface area contributed by atoms with Crippen LogP contribution in [0.3, 0.4) is 0 Å². The Morgan fingerprint density at radius 3 is 2.35 bits per heavy atom. The van der Waals surface area contributed by atoms with Crippen LogP contribution in [0, 0.1) is 0 Å². The molecular formula is C16H22N2O2. The monoisotopic (exact) mass is 274 g/mol. The fourth-order valence-electron chi connectivity index (χ4n) is 2.41. The molecule has 2 amide bonds. The lowest BCUT2D eigenvalue weighted by Crippen LogP contribution is -2.26. The molecule has 0 atom stereocenters. The average molecular weight is 274 g/mol. The number of benzene rings is 1. The molecule has 0 aliphatic carbocycles. The fourth-order valence-corrected chi connectivity index (χ4v) is 2.41. The highest BCUT2D eigenvalue weighted by Gasteiger charge is 2.18. The predicted octanol–water partition coefficient (Wildman–Crippen LogP) is 1.75. The van der Waals surface area contributed by atoms with Crippen LogP contribution in [0.25, 0.3) is 0 Å². The van der Waals surface area contributed by atoms with Gasteiger partial charge in [0.25, 0.3) is 0 Å². The minimum absolute atomic E-state index is 0.204. The van der Waals surface area contributed by atoms with Gasteiger partial charge >= 0.3 is 0 Å². The maximum Gasteiger partial charge on any atom is 0.222 e. The highest BCUT2D eigenvalue weighted by atomic mass is 16.2. The predicted molar refractivity (Wildman–Crippen MR) is 78.2 cm³/mol. The minimum atomic E-state index is 0.204. The standard InChI is InChI=1S/C12H15NO.C4H7NO/c14-12-7-4-9-13(12)10-8-11-5-2-1-3-6-11;6-4-2-1-3-5-4/h1-3,5-6H,4,7-10H2;1-3H2,(H,5,6). The van der Waals surface area contributed by atoms with Gasteiger partial charge in [0.2, 0.25) is 11.8 Å². The highest BCUT2D eigenvalue weighted by molar-refractivity contribution is 5.78. The van der Waals surface area contributed by atoms with Crippen LogP contribution in [-0.2, 0) is 16.0 Å². The van der Waals surface area contributed by atoms with Crippen molar-refractivity contribution in [2.75, 3.05) is 19.6 Å². The molecule has 2 fully saturated rings. The number of rotatable bonds is 3. The third-order valence-corrected chi connectivity index (χ3v) is 3.59. The molecule has 0 spiro atoms. The summed E-state index contributed by atoms with van der Waals surface area (Å²) in [7, 11) is 0. The van der Waals surface area contributed by atoms with E-state index in [1.54, 1.807) is 0 Å². The van der Waals surface area contributed by atoms with E-state index in [1.807, 2.05) is 23.1 Å². The third-order valence-electron chi connectivity index (χ3n) is 3.59. The average Bonchev–Trinajstić information content (AvgIpc) is 3.10. The number of hydrogen-bond donors (Lipinski definition) is 1. The molecule has 1 aromatic rings. The molecule has 1 N–H and O–H groups in total. The van der Waals surface area contributed by atoms with E-state index in [0.29, 0.717) is 5.91 Å². The maximum absolute atomic E-state index is 11.3. The van der Waals surface area contributed by atoms with Gasteiger partial charge in [-0.15, -0.1) is 0 Å². The number of hydrogen-bond acceptors (Lipinski definition) is 2. The zero-order chi connectivity index (χ0) is 14.2. The summed E-state index contributed by atoms with van der Waals surface area (Å²) < 4.78 is 0. The van der Waals surface area contributed by atoms with Crippen LogP contribution < -0.4 is 5.32 Å². The molecule has 3 rings (SSSR count). The Kier molecular flexibility index (Phi) is 5.59. The van der Waals surface area contributed by atoms with Gasteiger partial charge in [0.15, 0.2) is 0 Å². The van der Waals surface area contributed by atoms with Gasteiger partial charge in [0.05, 0.1) is 0 Å². The van der Waals surface area contributed by atoms with E-state index in [9.17, 15) is 9.59 Å². The number of nitrogens with one attached hydrogen (secondary N) is 1. The second-order valence-corrected chi connectivity index (χ2v) is 5.17. The molecular weight excluding hydrogens is 252 g/mol. The summed E-state index contributed by atoms with van der Waals surface area (Å²) in [6, 6.07) is 10.3. The van der Waals surface area contributed by atoms with Crippen molar-refractivity contribution in [1.82, 2.24) is 10.2 Å². The Morgan fingerprint density at radius 2 is 1.85 bits per heavy atom. The smallest absolute Gasteiger partial charge is 0.222 e. The number of nitrogens with zero attached hydrogens (tertiary/aromatic N) is 1. The summed E-state index contributed by atoms with van der Waals surface area (Å²) in [5.74, 6) is 0.524. The Hall–Kier alpha value is -1.84. The Bertz CT molecular complexity index is 437. The molecule has 0 unspecified atom stereocenters. The number of carbonyl (C=O) groups excluding carboxylic acids is 2. The van der Waals surface area contributed by atoms with E-state index < -0.39 is 0 Å². The minimum Gasteiger partial charge on any atom is -0.356 e. The zero-order valence-corrected chi connectivity index (χ0v) is 11.8. The molecule has 108 valence electrons. The van der Waals surface area contributed by atoms with Crippen molar-refractivity contribution in [2.45, 2.75) is 32.1 Å². The molecule has 0 bridgehead atoms. The van der Waals surface area contributed by atoms with Gasteiger partial charge in [-0.2, -0.15) is 0 Å². The first kappa shape index (κ1) is 14.6. The first-order valence-corrected chi connectivity index (χ1v) is 7.34. The molecule has 0 radical (unpaired) electrons. The van der Waals surface area contributed by atoms with E-state index in [1.165, 1.54) is 5.56 Å². The van der Waals surface area contributed by atoms with Crippen molar-refractivity contribution in [3.8, 4) is 0 Å². The van der Waals surface area contributed by atoms with Crippen LogP contribution in [0.15, 0.2) is 30.3 Å². The van der Waals surface area contributed by atoms with Gasteiger partial charge in [0.1, 0.15) is 0 Å². The molecule has 2 heterocycles.